The Morgan fingerprint density at radius 2 is 2.24 bits per heavy atom. The summed E-state index contributed by atoms with van der Waals surface area (Å²) in [6.07, 6.45) is 3.38. The molecule has 1 heterocycles. The lowest BCUT2D eigenvalue weighted by Gasteiger charge is -2.21. The molecule has 2 rings (SSSR count). The highest BCUT2D eigenvalue weighted by Crippen LogP contribution is 2.24. The van der Waals surface area contributed by atoms with E-state index < -0.39 is 0 Å². The number of anilines is 2. The van der Waals surface area contributed by atoms with Crippen molar-refractivity contribution < 1.29 is 10.0 Å². The van der Waals surface area contributed by atoms with Gasteiger partial charge in [0.05, 0.1) is 16.3 Å². The molecule has 0 bridgehead atoms. The van der Waals surface area contributed by atoms with Crippen LogP contribution in [0.25, 0.3) is 6.08 Å². The second kappa shape index (κ2) is 10.4. The highest BCUT2D eigenvalue weighted by atomic mass is 32.1. The zero-order valence-electron chi connectivity index (χ0n) is 15.5. The van der Waals surface area contributed by atoms with E-state index in [1.54, 1.807) is 31.2 Å². The molecule has 0 aliphatic carbocycles. The summed E-state index contributed by atoms with van der Waals surface area (Å²) in [4.78, 5) is 16.1. The standard InChI is InChI=1S/C16H19N8O3S2/c1-9-14(29-16(18-9)23-20-10(2)25)13(21-22-15(28)19-17)7-6-11-4-3-5-12(8-11)24(26)27/h3-8,26H,17H2,1-2H3,(H,18,23)(H,20,25)(H2,19,22,28)/q-1/b7-6+,21-13-. The molecule has 0 saturated carbocycles. The number of hydrazone groups is 1. The van der Waals surface area contributed by atoms with Gasteiger partial charge < -0.3 is 10.4 Å². The Bertz CT molecular complexity index is 942. The second-order valence-electron chi connectivity index (χ2n) is 5.52. The Kier molecular flexibility index (Phi) is 7.99. The van der Waals surface area contributed by atoms with Crippen molar-refractivity contribution in [3.63, 3.8) is 0 Å². The first-order valence-corrected chi connectivity index (χ1v) is 9.31. The molecule has 0 aliphatic heterocycles. The third-order valence-electron chi connectivity index (χ3n) is 3.31. The smallest absolute Gasteiger partial charge is 0.235 e. The number of allylic oxidation sites excluding steroid dienone is 1. The predicted molar refractivity (Wildman–Crippen MR) is 117 cm³/mol. The first-order valence-electron chi connectivity index (χ1n) is 8.09. The van der Waals surface area contributed by atoms with Crippen LogP contribution in [0.15, 0.2) is 35.4 Å². The second-order valence-corrected chi connectivity index (χ2v) is 6.93. The van der Waals surface area contributed by atoms with Crippen molar-refractivity contribution in [2.24, 2.45) is 10.9 Å². The van der Waals surface area contributed by atoms with E-state index in [0.717, 1.165) is 0 Å². The minimum atomic E-state index is -0.259. The number of thiazole rings is 1. The van der Waals surface area contributed by atoms with Crippen LogP contribution >= 0.6 is 23.6 Å². The van der Waals surface area contributed by atoms with Crippen molar-refractivity contribution in [3.05, 3.63) is 51.7 Å². The number of hydrazine groups is 2. The van der Waals surface area contributed by atoms with Gasteiger partial charge in [-0.1, -0.05) is 29.5 Å². The molecule has 0 atom stereocenters. The van der Waals surface area contributed by atoms with Crippen LogP contribution in [0.1, 0.15) is 23.1 Å². The van der Waals surface area contributed by atoms with Crippen molar-refractivity contribution in [2.75, 3.05) is 10.7 Å². The summed E-state index contributed by atoms with van der Waals surface area (Å²) in [6.45, 7) is 3.16. The van der Waals surface area contributed by atoms with E-state index in [9.17, 15) is 10.0 Å². The number of carbonyl (C=O) groups is 1. The number of aryl methyl sites for hydroxylation is 1. The van der Waals surface area contributed by atoms with Crippen LogP contribution in [-0.2, 0) is 4.79 Å². The van der Waals surface area contributed by atoms with Gasteiger partial charge >= 0.3 is 0 Å². The lowest BCUT2D eigenvalue weighted by molar-refractivity contribution is -0.118. The maximum Gasteiger partial charge on any atom is 0.235 e. The molecule has 154 valence electrons. The lowest BCUT2D eigenvalue weighted by atomic mass is 10.1. The number of benzene rings is 1. The molecule has 0 unspecified atom stereocenters. The number of carbonyl (C=O) groups excluding carboxylic acids is 1. The number of rotatable bonds is 7. The number of nitrogens with two attached hydrogens (primary N) is 1. The Labute approximate surface area is 175 Å². The number of hydrogen-bond donors (Lipinski definition) is 6. The third-order valence-corrected chi connectivity index (χ3v) is 4.61. The Hall–Kier alpha value is -3.10. The molecule has 1 aromatic carbocycles. The van der Waals surface area contributed by atoms with Gasteiger partial charge in [0.1, 0.15) is 5.71 Å². The van der Waals surface area contributed by atoms with Gasteiger partial charge in [0.2, 0.25) is 16.2 Å². The number of amides is 1. The van der Waals surface area contributed by atoms with Gasteiger partial charge in [-0.05, 0) is 42.9 Å². The van der Waals surface area contributed by atoms with Gasteiger partial charge in [0.15, 0.2) is 0 Å². The quantitative estimate of drug-likeness (QED) is 0.162. The normalized spacial score (nSPS) is 11.3. The largest absolute Gasteiger partial charge is 0.733 e. The predicted octanol–water partition coefficient (Wildman–Crippen LogP) is 1.36. The van der Waals surface area contributed by atoms with E-state index in [2.05, 4.69) is 31.8 Å². The van der Waals surface area contributed by atoms with Crippen molar-refractivity contribution in [3.8, 4) is 0 Å². The molecule has 11 nitrogen and oxygen atoms in total. The van der Waals surface area contributed by atoms with Crippen LogP contribution in [0.2, 0.25) is 0 Å². The summed E-state index contributed by atoms with van der Waals surface area (Å²) in [5.74, 6) is 4.99. The Morgan fingerprint density at radius 1 is 1.48 bits per heavy atom. The fraction of sp³-hybridized carbons (Fsp3) is 0.125. The maximum atomic E-state index is 11.1. The average molecular weight is 436 g/mol. The van der Waals surface area contributed by atoms with Crippen LogP contribution in [0.4, 0.5) is 10.8 Å². The number of nitrogens with zero attached hydrogens (tertiary/aromatic N) is 3. The van der Waals surface area contributed by atoms with Crippen molar-refractivity contribution in [1.82, 2.24) is 21.3 Å². The molecule has 0 radical (unpaired) electrons. The SMILES string of the molecule is CC(=O)NNc1nc(C)c(C(/C=C/c2cccc(N([O-])O)c2)=N\NC(=S)NN)s1. The van der Waals surface area contributed by atoms with Gasteiger partial charge in [0, 0.05) is 6.92 Å². The summed E-state index contributed by atoms with van der Waals surface area (Å²) in [5.41, 5.74) is 11.9. The topological polar surface area (TPSA) is 163 Å². The van der Waals surface area contributed by atoms with E-state index in [1.165, 1.54) is 30.4 Å². The van der Waals surface area contributed by atoms with Crippen LogP contribution in [0, 0.1) is 12.1 Å². The van der Waals surface area contributed by atoms with E-state index >= 15 is 0 Å². The van der Waals surface area contributed by atoms with Gasteiger partial charge in [-0.25, -0.2) is 10.8 Å². The van der Waals surface area contributed by atoms with E-state index in [0.29, 0.717) is 27.0 Å². The molecular formula is C16H19N8O3S2-. The summed E-state index contributed by atoms with van der Waals surface area (Å²) >= 11 is 6.20. The van der Waals surface area contributed by atoms with Crippen LogP contribution in [-0.4, -0.2) is 26.9 Å². The van der Waals surface area contributed by atoms with E-state index in [4.69, 9.17) is 23.3 Å². The lowest BCUT2D eigenvalue weighted by Crippen LogP contribution is -2.37. The number of nitrogens with one attached hydrogen (secondary N) is 4. The van der Waals surface area contributed by atoms with Gasteiger partial charge in [-0.15, -0.1) is 0 Å². The Balaban J connectivity index is 2.34. The average Bonchev–Trinajstić information content (AvgIpc) is 3.06. The van der Waals surface area contributed by atoms with Crippen molar-refractivity contribution in [2.45, 2.75) is 13.8 Å². The highest BCUT2D eigenvalue weighted by Gasteiger charge is 2.12. The molecule has 29 heavy (non-hydrogen) atoms. The molecule has 7 N–H and O–H groups in total. The van der Waals surface area contributed by atoms with Gasteiger partial charge in [0.25, 0.3) is 0 Å². The van der Waals surface area contributed by atoms with Crippen molar-refractivity contribution >= 4 is 57.2 Å². The first kappa shape index (κ1) is 22.2. The zero-order valence-corrected chi connectivity index (χ0v) is 17.1. The monoisotopic (exact) mass is 435 g/mol. The van der Waals surface area contributed by atoms with E-state index in [1.807, 2.05) is 0 Å². The van der Waals surface area contributed by atoms with Crippen molar-refractivity contribution in [1.29, 1.82) is 0 Å². The summed E-state index contributed by atoms with van der Waals surface area (Å²) in [6, 6.07) is 6.36. The molecule has 0 saturated heterocycles. The van der Waals surface area contributed by atoms with Gasteiger partial charge in [-0.2, -0.15) is 5.10 Å². The fourth-order valence-electron chi connectivity index (χ4n) is 2.06. The maximum absolute atomic E-state index is 11.1. The number of thiocarbonyl (C=S) groups is 1. The molecule has 1 aromatic heterocycles. The first-order chi connectivity index (χ1) is 13.8. The van der Waals surface area contributed by atoms with Crippen LogP contribution in [0.5, 0.6) is 0 Å². The van der Waals surface area contributed by atoms with Crippen LogP contribution in [0.3, 0.4) is 0 Å². The van der Waals surface area contributed by atoms with Gasteiger partial charge in [-0.3, -0.25) is 31.7 Å². The third kappa shape index (κ3) is 6.78. The minimum Gasteiger partial charge on any atom is -0.733 e. The molecule has 0 fully saturated rings. The number of hydrogen-bond acceptors (Lipinski definition) is 10. The molecule has 0 aliphatic rings. The summed E-state index contributed by atoms with van der Waals surface area (Å²) < 4.78 is 0. The summed E-state index contributed by atoms with van der Waals surface area (Å²) in [7, 11) is 0. The fourth-order valence-corrected chi connectivity index (χ4v) is 2.99. The molecule has 2 aromatic rings. The van der Waals surface area contributed by atoms with Crippen LogP contribution < -0.4 is 32.8 Å². The van der Waals surface area contributed by atoms with E-state index in [-0.39, 0.29) is 21.9 Å². The molecule has 0 spiro atoms. The highest BCUT2D eigenvalue weighted by molar-refractivity contribution is 7.80. The number of aromatic nitrogens is 1. The minimum absolute atomic E-state index is 0.0908. The molecule has 13 heteroatoms. The Morgan fingerprint density at radius 3 is 2.90 bits per heavy atom. The zero-order chi connectivity index (χ0) is 21.4. The molecule has 1 amide bonds. The summed E-state index contributed by atoms with van der Waals surface area (Å²) in [5, 5.41) is 24.7. The molecular weight excluding hydrogens is 416 g/mol.